The highest BCUT2D eigenvalue weighted by atomic mass is 16.2. The highest BCUT2D eigenvalue weighted by Crippen LogP contribution is 2.21. The van der Waals surface area contributed by atoms with Gasteiger partial charge in [0.05, 0.1) is 6.54 Å². The number of carbonyl (C=O) groups excluding carboxylic acids is 1. The van der Waals surface area contributed by atoms with Crippen molar-refractivity contribution < 1.29 is 4.79 Å². The van der Waals surface area contributed by atoms with Crippen LogP contribution in [0, 0.1) is 0 Å². The Bertz CT molecular complexity index is 428. The van der Waals surface area contributed by atoms with E-state index in [1.807, 2.05) is 17.2 Å². The number of amides is 1. The van der Waals surface area contributed by atoms with Crippen LogP contribution in [0.5, 0.6) is 0 Å². The molecule has 0 aliphatic carbocycles. The van der Waals surface area contributed by atoms with Crippen LogP contribution in [0.15, 0.2) is 18.3 Å². The summed E-state index contributed by atoms with van der Waals surface area (Å²) in [5.74, 6) is 0.930. The van der Waals surface area contributed by atoms with Crippen LogP contribution in [0.2, 0.25) is 0 Å². The van der Waals surface area contributed by atoms with Gasteiger partial charge in [-0.05, 0) is 29.9 Å². The van der Waals surface area contributed by atoms with E-state index in [1.54, 1.807) is 0 Å². The van der Waals surface area contributed by atoms with Gasteiger partial charge in [-0.15, -0.1) is 0 Å². The van der Waals surface area contributed by atoms with Crippen LogP contribution in [0.25, 0.3) is 0 Å². The van der Waals surface area contributed by atoms with E-state index in [0.717, 1.165) is 31.7 Å². The predicted molar refractivity (Wildman–Crippen MR) is 77.2 cm³/mol. The first kappa shape index (κ1) is 13.8. The van der Waals surface area contributed by atoms with Crippen molar-refractivity contribution in [1.82, 2.24) is 9.88 Å². The van der Waals surface area contributed by atoms with Gasteiger partial charge in [0.25, 0.3) is 0 Å². The van der Waals surface area contributed by atoms with Gasteiger partial charge >= 0.3 is 0 Å². The molecule has 0 radical (unpaired) electrons. The van der Waals surface area contributed by atoms with E-state index in [1.165, 1.54) is 5.56 Å². The molecule has 0 bridgehead atoms. The summed E-state index contributed by atoms with van der Waals surface area (Å²) in [6.07, 6.45) is 4.14. The molecular weight excluding hydrogens is 238 g/mol. The fraction of sp³-hybridized carbons (Fsp3) is 0.600. The second kappa shape index (κ2) is 5.59. The number of anilines is 1. The molecule has 19 heavy (non-hydrogen) atoms. The first-order valence-corrected chi connectivity index (χ1v) is 6.95. The lowest BCUT2D eigenvalue weighted by molar-refractivity contribution is -0.128. The molecule has 1 aliphatic heterocycles. The lowest BCUT2D eigenvalue weighted by Crippen LogP contribution is -2.33. The summed E-state index contributed by atoms with van der Waals surface area (Å²) >= 11 is 0. The number of rotatable bonds is 3. The SMILES string of the molecule is CC(C)(C)c1ccc(NCC(=O)N2CCCC2)nc1. The fourth-order valence-corrected chi connectivity index (χ4v) is 2.19. The Hall–Kier alpha value is -1.58. The highest BCUT2D eigenvalue weighted by Gasteiger charge is 2.17. The van der Waals surface area contributed by atoms with Crippen LogP contribution in [-0.4, -0.2) is 35.4 Å². The summed E-state index contributed by atoms with van der Waals surface area (Å²) in [6.45, 7) is 8.62. The summed E-state index contributed by atoms with van der Waals surface area (Å²) in [5, 5.41) is 3.10. The summed E-state index contributed by atoms with van der Waals surface area (Å²) in [4.78, 5) is 18.2. The molecule has 1 aliphatic rings. The van der Waals surface area contributed by atoms with Crippen LogP contribution >= 0.6 is 0 Å². The third-order valence-electron chi connectivity index (χ3n) is 3.51. The van der Waals surface area contributed by atoms with Gasteiger partial charge in [0.2, 0.25) is 5.91 Å². The zero-order valence-corrected chi connectivity index (χ0v) is 12.1. The fourth-order valence-electron chi connectivity index (χ4n) is 2.19. The Morgan fingerprint density at radius 1 is 1.32 bits per heavy atom. The van der Waals surface area contributed by atoms with Crippen molar-refractivity contribution in [3.05, 3.63) is 23.9 Å². The molecule has 104 valence electrons. The normalized spacial score (nSPS) is 15.6. The van der Waals surface area contributed by atoms with Crippen molar-refractivity contribution in [1.29, 1.82) is 0 Å². The topological polar surface area (TPSA) is 45.2 Å². The maximum absolute atomic E-state index is 11.9. The van der Waals surface area contributed by atoms with Gasteiger partial charge in [0, 0.05) is 19.3 Å². The number of nitrogens with zero attached hydrogens (tertiary/aromatic N) is 2. The van der Waals surface area contributed by atoms with Crippen molar-refractivity contribution in [2.45, 2.75) is 39.0 Å². The maximum atomic E-state index is 11.9. The molecule has 0 atom stereocenters. The number of pyridine rings is 1. The van der Waals surface area contributed by atoms with Crippen LogP contribution in [0.4, 0.5) is 5.82 Å². The third kappa shape index (κ3) is 3.69. The molecule has 0 spiro atoms. The van der Waals surface area contributed by atoms with Gasteiger partial charge in [-0.1, -0.05) is 26.8 Å². The quantitative estimate of drug-likeness (QED) is 0.909. The van der Waals surface area contributed by atoms with E-state index in [-0.39, 0.29) is 11.3 Å². The van der Waals surface area contributed by atoms with Gasteiger partial charge in [0.15, 0.2) is 0 Å². The minimum atomic E-state index is 0.108. The summed E-state index contributed by atoms with van der Waals surface area (Å²) in [7, 11) is 0. The second-order valence-corrected chi connectivity index (χ2v) is 6.12. The molecule has 0 aromatic carbocycles. The van der Waals surface area contributed by atoms with Gasteiger partial charge < -0.3 is 10.2 Å². The van der Waals surface area contributed by atoms with Gasteiger partial charge in [-0.2, -0.15) is 0 Å². The molecule has 2 rings (SSSR count). The smallest absolute Gasteiger partial charge is 0.241 e. The predicted octanol–water partition coefficient (Wildman–Crippen LogP) is 2.41. The largest absolute Gasteiger partial charge is 0.361 e. The van der Waals surface area contributed by atoms with E-state index < -0.39 is 0 Å². The molecule has 1 saturated heterocycles. The molecule has 1 fully saturated rings. The monoisotopic (exact) mass is 261 g/mol. The molecule has 1 N–H and O–H groups in total. The Balaban J connectivity index is 1.87. The minimum Gasteiger partial charge on any atom is -0.361 e. The lowest BCUT2D eigenvalue weighted by atomic mass is 9.88. The van der Waals surface area contributed by atoms with Crippen LogP contribution in [0.3, 0.4) is 0 Å². The van der Waals surface area contributed by atoms with Crippen LogP contribution < -0.4 is 5.32 Å². The van der Waals surface area contributed by atoms with Crippen molar-refractivity contribution in [2.24, 2.45) is 0 Å². The average molecular weight is 261 g/mol. The molecule has 1 aromatic rings. The Morgan fingerprint density at radius 2 is 2.00 bits per heavy atom. The Morgan fingerprint density at radius 3 is 2.53 bits per heavy atom. The van der Waals surface area contributed by atoms with Gasteiger partial charge in [-0.25, -0.2) is 4.98 Å². The molecule has 1 amide bonds. The van der Waals surface area contributed by atoms with E-state index in [9.17, 15) is 4.79 Å². The van der Waals surface area contributed by atoms with E-state index in [4.69, 9.17) is 0 Å². The maximum Gasteiger partial charge on any atom is 0.241 e. The molecule has 4 heteroatoms. The number of aromatic nitrogens is 1. The molecule has 0 unspecified atom stereocenters. The van der Waals surface area contributed by atoms with E-state index in [0.29, 0.717) is 6.54 Å². The second-order valence-electron chi connectivity index (χ2n) is 6.12. The summed E-state index contributed by atoms with van der Waals surface area (Å²) in [5.41, 5.74) is 1.31. The molecule has 1 aromatic heterocycles. The van der Waals surface area contributed by atoms with E-state index >= 15 is 0 Å². The molecule has 2 heterocycles. The average Bonchev–Trinajstić information content (AvgIpc) is 2.89. The zero-order valence-electron chi connectivity index (χ0n) is 12.1. The van der Waals surface area contributed by atoms with Crippen LogP contribution in [-0.2, 0) is 10.2 Å². The summed E-state index contributed by atoms with van der Waals surface area (Å²) < 4.78 is 0. The molecule has 0 saturated carbocycles. The highest BCUT2D eigenvalue weighted by molar-refractivity contribution is 5.80. The van der Waals surface area contributed by atoms with Crippen molar-refractivity contribution >= 4 is 11.7 Å². The first-order valence-electron chi connectivity index (χ1n) is 6.95. The lowest BCUT2D eigenvalue weighted by Gasteiger charge is -2.19. The number of likely N-dealkylation sites (tertiary alicyclic amines) is 1. The van der Waals surface area contributed by atoms with Crippen molar-refractivity contribution in [2.75, 3.05) is 25.0 Å². The van der Waals surface area contributed by atoms with Crippen molar-refractivity contribution in [3.63, 3.8) is 0 Å². The van der Waals surface area contributed by atoms with Gasteiger partial charge in [-0.3, -0.25) is 4.79 Å². The number of nitrogens with one attached hydrogen (secondary N) is 1. The molecular formula is C15H23N3O. The molecule has 4 nitrogen and oxygen atoms in total. The summed E-state index contributed by atoms with van der Waals surface area (Å²) in [6, 6.07) is 4.01. The van der Waals surface area contributed by atoms with E-state index in [2.05, 4.69) is 37.1 Å². The number of carbonyl (C=O) groups is 1. The zero-order chi connectivity index (χ0) is 13.9. The minimum absolute atomic E-state index is 0.108. The number of hydrogen-bond donors (Lipinski definition) is 1. The first-order chi connectivity index (χ1) is 8.97. The third-order valence-corrected chi connectivity index (χ3v) is 3.51. The standard InChI is InChI=1S/C15H23N3O/c1-15(2,3)12-6-7-13(16-10-12)17-11-14(19)18-8-4-5-9-18/h6-7,10H,4-5,8-9,11H2,1-3H3,(H,16,17). The Kier molecular flexibility index (Phi) is 4.08. The van der Waals surface area contributed by atoms with Crippen LogP contribution in [0.1, 0.15) is 39.2 Å². The van der Waals surface area contributed by atoms with Crippen molar-refractivity contribution in [3.8, 4) is 0 Å². The number of hydrogen-bond acceptors (Lipinski definition) is 3. The van der Waals surface area contributed by atoms with Gasteiger partial charge in [0.1, 0.15) is 5.82 Å². The Labute approximate surface area is 115 Å².